The molecule has 2 atom stereocenters. The van der Waals surface area contributed by atoms with Crippen LogP contribution in [-0.4, -0.2) is 30.1 Å². The summed E-state index contributed by atoms with van der Waals surface area (Å²) in [6, 6.07) is 7.48. The van der Waals surface area contributed by atoms with Crippen molar-refractivity contribution in [3.05, 3.63) is 64.4 Å². The lowest BCUT2D eigenvalue weighted by Crippen LogP contribution is -2.43. The van der Waals surface area contributed by atoms with Crippen LogP contribution >= 0.6 is 0 Å². The van der Waals surface area contributed by atoms with Crippen LogP contribution < -0.4 is 15.8 Å². The van der Waals surface area contributed by atoms with Gasteiger partial charge in [-0.15, -0.1) is 0 Å². The summed E-state index contributed by atoms with van der Waals surface area (Å²) < 4.78 is 33.4. The molecule has 30 heavy (non-hydrogen) atoms. The number of carbonyl (C=O) groups excluding carboxylic acids is 1. The number of ether oxygens (including phenoxy) is 1. The highest BCUT2D eigenvalue weighted by Crippen LogP contribution is 2.33. The highest BCUT2D eigenvalue weighted by Gasteiger charge is 2.28. The van der Waals surface area contributed by atoms with Gasteiger partial charge in [0.25, 0.3) is 0 Å². The lowest BCUT2D eigenvalue weighted by atomic mass is 9.86. The Morgan fingerprint density at radius 3 is 2.90 bits per heavy atom. The molecule has 4 N–H and O–H groups in total. The van der Waals surface area contributed by atoms with E-state index < -0.39 is 11.7 Å². The molecular formula is C23H23F2N3O2. The molecule has 0 saturated heterocycles. The lowest BCUT2D eigenvalue weighted by molar-refractivity contribution is 0.0997. The van der Waals surface area contributed by atoms with E-state index in [0.29, 0.717) is 30.1 Å². The van der Waals surface area contributed by atoms with Crippen molar-refractivity contribution < 1.29 is 18.3 Å². The molecule has 0 radical (unpaired) electrons. The normalized spacial score (nSPS) is 20.5. The van der Waals surface area contributed by atoms with Gasteiger partial charge in [0.2, 0.25) is 5.91 Å². The maximum Gasteiger partial charge on any atom is 0.249 e. The van der Waals surface area contributed by atoms with E-state index in [4.69, 9.17) is 10.5 Å². The van der Waals surface area contributed by atoms with Crippen molar-refractivity contribution in [2.24, 2.45) is 11.7 Å². The van der Waals surface area contributed by atoms with Gasteiger partial charge in [0, 0.05) is 33.8 Å². The Labute approximate surface area is 172 Å². The minimum atomic E-state index is -0.582. The first-order valence-electron chi connectivity index (χ1n) is 10.3. The SMILES string of the molecule is NC(=O)c1ccc(F)c2c1C[C@@H](NC[C@@H]1CCc3[nH]c4ccc(F)cc4c3C1)CO2. The number of aryl methyl sites for hydroxylation is 1. The van der Waals surface area contributed by atoms with Gasteiger partial charge in [-0.3, -0.25) is 4.79 Å². The van der Waals surface area contributed by atoms with Crippen LogP contribution in [0.2, 0.25) is 0 Å². The van der Waals surface area contributed by atoms with Crippen molar-refractivity contribution in [3.8, 4) is 5.75 Å². The van der Waals surface area contributed by atoms with Gasteiger partial charge in [-0.25, -0.2) is 8.78 Å². The fraction of sp³-hybridized carbons (Fsp3) is 0.348. The number of primary amides is 1. The second-order valence-electron chi connectivity index (χ2n) is 8.27. The third-order valence-electron chi connectivity index (χ3n) is 6.30. The van der Waals surface area contributed by atoms with Crippen molar-refractivity contribution in [1.29, 1.82) is 0 Å². The van der Waals surface area contributed by atoms with Crippen molar-refractivity contribution in [2.45, 2.75) is 31.7 Å². The molecule has 0 unspecified atom stereocenters. The predicted molar refractivity (Wildman–Crippen MR) is 110 cm³/mol. The van der Waals surface area contributed by atoms with Crippen LogP contribution in [0.1, 0.15) is 33.6 Å². The van der Waals surface area contributed by atoms with E-state index in [0.717, 1.165) is 36.7 Å². The van der Waals surface area contributed by atoms with E-state index in [1.165, 1.54) is 29.5 Å². The molecular weight excluding hydrogens is 388 g/mol. The minimum absolute atomic E-state index is 0.0285. The van der Waals surface area contributed by atoms with Crippen LogP contribution in [0.25, 0.3) is 10.9 Å². The topological polar surface area (TPSA) is 80.1 Å². The van der Waals surface area contributed by atoms with Crippen LogP contribution in [0.15, 0.2) is 30.3 Å². The highest BCUT2D eigenvalue weighted by molar-refractivity contribution is 5.95. The van der Waals surface area contributed by atoms with E-state index in [1.54, 1.807) is 12.1 Å². The molecule has 156 valence electrons. The minimum Gasteiger partial charge on any atom is -0.489 e. The Morgan fingerprint density at radius 2 is 2.07 bits per heavy atom. The van der Waals surface area contributed by atoms with Crippen molar-refractivity contribution in [1.82, 2.24) is 10.3 Å². The van der Waals surface area contributed by atoms with E-state index in [9.17, 15) is 13.6 Å². The number of carbonyl (C=O) groups is 1. The molecule has 1 amide bonds. The molecule has 3 aromatic rings. The van der Waals surface area contributed by atoms with Gasteiger partial charge in [-0.2, -0.15) is 0 Å². The first kappa shape index (κ1) is 19.1. The van der Waals surface area contributed by atoms with Gasteiger partial charge in [-0.05, 0) is 74.0 Å². The summed E-state index contributed by atoms with van der Waals surface area (Å²) in [7, 11) is 0. The Bertz CT molecular complexity index is 1140. The molecule has 0 fully saturated rings. The largest absolute Gasteiger partial charge is 0.489 e. The Kier molecular flexibility index (Phi) is 4.70. The average Bonchev–Trinajstić information content (AvgIpc) is 3.09. The zero-order chi connectivity index (χ0) is 20.8. The molecule has 5 rings (SSSR count). The number of rotatable bonds is 4. The number of aromatic amines is 1. The molecule has 0 bridgehead atoms. The molecule has 2 aromatic carbocycles. The first-order valence-corrected chi connectivity index (χ1v) is 10.3. The fourth-order valence-corrected chi connectivity index (χ4v) is 4.78. The van der Waals surface area contributed by atoms with Gasteiger partial charge in [-0.1, -0.05) is 0 Å². The lowest BCUT2D eigenvalue weighted by Gasteiger charge is -2.30. The number of hydrogen-bond acceptors (Lipinski definition) is 3. The molecule has 0 spiro atoms. The van der Waals surface area contributed by atoms with Crippen molar-refractivity contribution >= 4 is 16.8 Å². The molecule has 2 aliphatic rings. The summed E-state index contributed by atoms with van der Waals surface area (Å²) in [4.78, 5) is 15.1. The van der Waals surface area contributed by atoms with Gasteiger partial charge in [0.1, 0.15) is 12.4 Å². The average molecular weight is 411 g/mol. The summed E-state index contributed by atoms with van der Waals surface area (Å²) in [6.45, 7) is 1.11. The van der Waals surface area contributed by atoms with Gasteiger partial charge in [0.15, 0.2) is 11.6 Å². The number of amides is 1. The quantitative estimate of drug-likeness (QED) is 0.617. The molecule has 2 heterocycles. The van der Waals surface area contributed by atoms with Gasteiger partial charge < -0.3 is 20.8 Å². The third-order valence-corrected chi connectivity index (χ3v) is 6.30. The maximum atomic E-state index is 14.1. The monoisotopic (exact) mass is 411 g/mol. The van der Waals surface area contributed by atoms with E-state index in [1.807, 2.05) is 0 Å². The van der Waals surface area contributed by atoms with Crippen molar-refractivity contribution in [2.75, 3.05) is 13.2 Å². The first-order chi connectivity index (χ1) is 14.5. The number of fused-ring (bicyclic) bond motifs is 4. The van der Waals surface area contributed by atoms with Crippen LogP contribution in [0.3, 0.4) is 0 Å². The number of halogens is 2. The number of H-pyrrole nitrogens is 1. The Morgan fingerprint density at radius 1 is 1.20 bits per heavy atom. The molecule has 7 heteroatoms. The standard InChI is InChI=1S/C23H23F2N3O2/c24-13-2-6-21-17(8-13)16-7-12(1-5-20(16)28-21)10-27-14-9-18-15(23(26)29)3-4-19(25)22(18)30-11-14/h2-4,6,8,12,14,27-28H,1,5,7,9-11H2,(H2,26,29)/t12-,14-/m1/s1. The van der Waals surface area contributed by atoms with Crippen molar-refractivity contribution in [3.63, 3.8) is 0 Å². The Hall–Kier alpha value is -2.93. The summed E-state index contributed by atoms with van der Waals surface area (Å²) in [5.74, 6) is -0.737. The van der Waals surface area contributed by atoms with E-state index in [-0.39, 0.29) is 17.6 Å². The molecule has 5 nitrogen and oxygen atoms in total. The number of aromatic nitrogens is 1. The van der Waals surface area contributed by atoms with Crippen LogP contribution in [0.5, 0.6) is 5.75 Å². The zero-order valence-corrected chi connectivity index (χ0v) is 16.4. The van der Waals surface area contributed by atoms with Crippen LogP contribution in [0, 0.1) is 17.6 Å². The molecule has 1 aliphatic heterocycles. The van der Waals surface area contributed by atoms with Gasteiger partial charge in [0.05, 0.1) is 0 Å². The molecule has 1 aliphatic carbocycles. The molecule has 1 aromatic heterocycles. The predicted octanol–water partition coefficient (Wildman–Crippen LogP) is 3.24. The second kappa shape index (κ2) is 7.40. The number of nitrogens with two attached hydrogens (primary N) is 1. The van der Waals surface area contributed by atoms with Crippen LogP contribution in [0.4, 0.5) is 8.78 Å². The Balaban J connectivity index is 1.28. The highest BCUT2D eigenvalue weighted by atomic mass is 19.1. The van der Waals surface area contributed by atoms with E-state index >= 15 is 0 Å². The number of nitrogens with one attached hydrogen (secondary N) is 2. The fourth-order valence-electron chi connectivity index (χ4n) is 4.78. The van der Waals surface area contributed by atoms with E-state index in [2.05, 4.69) is 10.3 Å². The summed E-state index contributed by atoms with van der Waals surface area (Å²) in [5, 5.41) is 4.48. The zero-order valence-electron chi connectivity index (χ0n) is 16.4. The number of hydrogen-bond donors (Lipinski definition) is 3. The number of benzene rings is 2. The summed E-state index contributed by atoms with van der Waals surface area (Å²) in [5.41, 5.74) is 9.66. The van der Waals surface area contributed by atoms with Crippen LogP contribution in [-0.2, 0) is 19.3 Å². The summed E-state index contributed by atoms with van der Waals surface area (Å²) >= 11 is 0. The van der Waals surface area contributed by atoms with Gasteiger partial charge >= 0.3 is 0 Å². The summed E-state index contributed by atoms with van der Waals surface area (Å²) in [6.07, 6.45) is 3.32. The smallest absolute Gasteiger partial charge is 0.249 e. The third kappa shape index (κ3) is 3.33. The second-order valence-corrected chi connectivity index (χ2v) is 8.27. The maximum absolute atomic E-state index is 14.1. The molecule has 0 saturated carbocycles.